The van der Waals surface area contributed by atoms with Crippen LogP contribution in [0, 0.1) is 6.92 Å². The molecule has 0 atom stereocenters. The summed E-state index contributed by atoms with van der Waals surface area (Å²) in [6, 6.07) is 12.2. The zero-order valence-electron chi connectivity index (χ0n) is 9.31. The van der Waals surface area contributed by atoms with Gasteiger partial charge in [0, 0.05) is 12.1 Å². The van der Waals surface area contributed by atoms with Gasteiger partial charge in [-0.1, -0.05) is 35.9 Å². The van der Waals surface area contributed by atoms with Gasteiger partial charge in [0.1, 0.15) is 11.5 Å². The molecule has 0 aliphatic rings. The molecule has 2 rings (SSSR count). The summed E-state index contributed by atoms with van der Waals surface area (Å²) < 4.78 is 5.67. The molecule has 0 radical (unpaired) electrons. The highest BCUT2D eigenvalue weighted by atomic mass is 16.3. The molecule has 0 aliphatic carbocycles. The Morgan fingerprint density at radius 2 is 1.88 bits per heavy atom. The Morgan fingerprint density at radius 3 is 2.56 bits per heavy atom. The molecule has 0 unspecified atom stereocenters. The molecule has 16 heavy (non-hydrogen) atoms. The average Bonchev–Trinajstić information content (AvgIpc) is 2.76. The van der Waals surface area contributed by atoms with E-state index in [9.17, 15) is 0 Å². The first kappa shape index (κ1) is 10.7. The van der Waals surface area contributed by atoms with Gasteiger partial charge >= 0.3 is 0 Å². The molecule has 82 valence electrons. The zero-order chi connectivity index (χ0) is 11.4. The van der Waals surface area contributed by atoms with Gasteiger partial charge in [0.25, 0.3) is 0 Å². The van der Waals surface area contributed by atoms with Gasteiger partial charge in [-0.05, 0) is 25.1 Å². The van der Waals surface area contributed by atoms with E-state index in [0.717, 1.165) is 17.1 Å². The predicted molar refractivity (Wildman–Crippen MR) is 67.0 cm³/mol. The van der Waals surface area contributed by atoms with Crippen LogP contribution in [0.15, 0.2) is 46.9 Å². The van der Waals surface area contributed by atoms with E-state index in [4.69, 9.17) is 10.2 Å². The maximum absolute atomic E-state index is 5.67. The Labute approximate surface area is 95.4 Å². The second kappa shape index (κ2) is 4.81. The van der Waals surface area contributed by atoms with Crippen LogP contribution in [0.3, 0.4) is 0 Å². The number of hydrogen-bond acceptors (Lipinski definition) is 2. The third-order valence-electron chi connectivity index (χ3n) is 2.38. The van der Waals surface area contributed by atoms with E-state index in [-0.39, 0.29) is 0 Å². The van der Waals surface area contributed by atoms with Gasteiger partial charge in [0.05, 0.1) is 0 Å². The molecule has 0 fully saturated rings. The third kappa shape index (κ3) is 2.41. The van der Waals surface area contributed by atoms with Gasteiger partial charge in [-0.25, -0.2) is 0 Å². The van der Waals surface area contributed by atoms with Crippen LogP contribution < -0.4 is 5.73 Å². The minimum Gasteiger partial charge on any atom is -0.457 e. The molecule has 0 saturated heterocycles. The lowest BCUT2D eigenvalue weighted by molar-refractivity contribution is 0.571. The summed E-state index contributed by atoms with van der Waals surface area (Å²) in [5.74, 6) is 1.72. The highest BCUT2D eigenvalue weighted by Crippen LogP contribution is 2.22. The SMILES string of the molecule is Cc1ccc(-c2ccc(/C=C/CN)o2)cc1. The Kier molecular flexibility index (Phi) is 3.22. The first-order chi connectivity index (χ1) is 7.79. The van der Waals surface area contributed by atoms with E-state index >= 15 is 0 Å². The molecule has 2 heteroatoms. The maximum Gasteiger partial charge on any atom is 0.134 e. The minimum atomic E-state index is 0.528. The Hall–Kier alpha value is -1.80. The molecule has 0 amide bonds. The molecular weight excluding hydrogens is 198 g/mol. The second-order valence-corrected chi connectivity index (χ2v) is 3.71. The summed E-state index contributed by atoms with van der Waals surface area (Å²) in [5, 5.41) is 0. The standard InChI is InChI=1S/C14H15NO/c1-11-4-6-12(7-5-11)14-9-8-13(16-14)3-2-10-15/h2-9H,10,15H2,1H3/b3-2+. The summed E-state index contributed by atoms with van der Waals surface area (Å²) in [6.07, 6.45) is 3.76. The van der Waals surface area contributed by atoms with Crippen molar-refractivity contribution >= 4 is 6.08 Å². The van der Waals surface area contributed by atoms with Crippen molar-refractivity contribution in [2.75, 3.05) is 6.54 Å². The van der Waals surface area contributed by atoms with Gasteiger partial charge < -0.3 is 10.2 Å². The molecule has 1 aromatic carbocycles. The average molecular weight is 213 g/mol. The third-order valence-corrected chi connectivity index (χ3v) is 2.38. The fourth-order valence-electron chi connectivity index (χ4n) is 1.50. The van der Waals surface area contributed by atoms with Gasteiger partial charge in [-0.3, -0.25) is 0 Å². The fourth-order valence-corrected chi connectivity index (χ4v) is 1.50. The summed E-state index contributed by atoms with van der Waals surface area (Å²) in [7, 11) is 0. The molecule has 2 N–H and O–H groups in total. The van der Waals surface area contributed by atoms with Crippen LogP contribution in [0.1, 0.15) is 11.3 Å². The van der Waals surface area contributed by atoms with Crippen LogP contribution in [0.2, 0.25) is 0 Å². The monoisotopic (exact) mass is 213 g/mol. The molecule has 2 nitrogen and oxygen atoms in total. The maximum atomic E-state index is 5.67. The lowest BCUT2D eigenvalue weighted by Gasteiger charge is -1.97. The number of rotatable bonds is 3. The lowest BCUT2D eigenvalue weighted by Crippen LogP contribution is -1.91. The van der Waals surface area contributed by atoms with Gasteiger partial charge in [0.2, 0.25) is 0 Å². The van der Waals surface area contributed by atoms with E-state index in [1.807, 2.05) is 24.3 Å². The number of aryl methyl sites for hydroxylation is 1. The van der Waals surface area contributed by atoms with Crippen LogP contribution in [0.5, 0.6) is 0 Å². The summed E-state index contributed by atoms with van der Waals surface area (Å²) in [4.78, 5) is 0. The van der Waals surface area contributed by atoms with Crippen molar-refractivity contribution in [2.24, 2.45) is 5.73 Å². The molecule has 1 heterocycles. The summed E-state index contributed by atoms with van der Waals surface area (Å²) in [5.41, 5.74) is 7.73. The number of nitrogens with two attached hydrogens (primary N) is 1. The normalized spacial score (nSPS) is 11.1. The van der Waals surface area contributed by atoms with E-state index in [1.165, 1.54) is 5.56 Å². The highest BCUT2D eigenvalue weighted by Gasteiger charge is 2.01. The topological polar surface area (TPSA) is 39.2 Å². The van der Waals surface area contributed by atoms with Gasteiger partial charge in [-0.15, -0.1) is 0 Å². The number of furan rings is 1. The van der Waals surface area contributed by atoms with Crippen LogP contribution in [-0.4, -0.2) is 6.54 Å². The summed E-state index contributed by atoms with van der Waals surface area (Å²) in [6.45, 7) is 2.60. The molecule has 0 aliphatic heterocycles. The smallest absolute Gasteiger partial charge is 0.134 e. The lowest BCUT2D eigenvalue weighted by atomic mass is 10.1. The van der Waals surface area contributed by atoms with Crippen LogP contribution in [0.4, 0.5) is 0 Å². The highest BCUT2D eigenvalue weighted by molar-refractivity contribution is 5.60. The van der Waals surface area contributed by atoms with Crippen LogP contribution in [0.25, 0.3) is 17.4 Å². The molecule has 2 aromatic rings. The predicted octanol–water partition coefficient (Wildman–Crippen LogP) is 3.23. The first-order valence-corrected chi connectivity index (χ1v) is 5.33. The van der Waals surface area contributed by atoms with E-state index in [2.05, 4.69) is 31.2 Å². The quantitative estimate of drug-likeness (QED) is 0.850. The van der Waals surface area contributed by atoms with Gasteiger partial charge in [-0.2, -0.15) is 0 Å². The molecule has 0 bridgehead atoms. The minimum absolute atomic E-state index is 0.528. The fraction of sp³-hybridized carbons (Fsp3) is 0.143. The Balaban J connectivity index is 2.24. The van der Waals surface area contributed by atoms with Crippen molar-refractivity contribution in [3.8, 4) is 11.3 Å². The number of benzene rings is 1. The van der Waals surface area contributed by atoms with Gasteiger partial charge in [0.15, 0.2) is 0 Å². The van der Waals surface area contributed by atoms with Crippen molar-refractivity contribution in [3.05, 3.63) is 53.8 Å². The summed E-state index contributed by atoms with van der Waals surface area (Å²) >= 11 is 0. The van der Waals surface area contributed by atoms with Crippen molar-refractivity contribution in [1.82, 2.24) is 0 Å². The molecule has 0 saturated carbocycles. The Morgan fingerprint density at radius 1 is 1.12 bits per heavy atom. The van der Waals surface area contributed by atoms with E-state index in [0.29, 0.717) is 6.54 Å². The van der Waals surface area contributed by atoms with E-state index < -0.39 is 0 Å². The largest absolute Gasteiger partial charge is 0.457 e. The van der Waals surface area contributed by atoms with Crippen molar-refractivity contribution in [2.45, 2.75) is 6.92 Å². The van der Waals surface area contributed by atoms with Crippen molar-refractivity contribution in [3.63, 3.8) is 0 Å². The Bertz CT molecular complexity index is 480. The molecule has 0 spiro atoms. The zero-order valence-corrected chi connectivity index (χ0v) is 9.31. The molecule has 1 aromatic heterocycles. The van der Waals surface area contributed by atoms with Crippen LogP contribution >= 0.6 is 0 Å². The molecular formula is C14H15NO. The van der Waals surface area contributed by atoms with Crippen LogP contribution in [-0.2, 0) is 0 Å². The first-order valence-electron chi connectivity index (χ1n) is 5.33. The second-order valence-electron chi connectivity index (χ2n) is 3.71. The van der Waals surface area contributed by atoms with E-state index in [1.54, 1.807) is 0 Å². The van der Waals surface area contributed by atoms with Crippen molar-refractivity contribution < 1.29 is 4.42 Å². The van der Waals surface area contributed by atoms with Crippen molar-refractivity contribution in [1.29, 1.82) is 0 Å². The number of hydrogen-bond donors (Lipinski definition) is 1.